The Hall–Kier alpha value is -3.30. The van der Waals surface area contributed by atoms with Crippen molar-refractivity contribution in [2.45, 2.75) is 27.1 Å². The predicted molar refractivity (Wildman–Crippen MR) is 140 cm³/mol. The van der Waals surface area contributed by atoms with Crippen LogP contribution in [0.25, 0.3) is 0 Å². The molecule has 35 heavy (non-hydrogen) atoms. The van der Waals surface area contributed by atoms with Crippen LogP contribution in [0.5, 0.6) is 0 Å². The van der Waals surface area contributed by atoms with Gasteiger partial charge in [0.1, 0.15) is 11.6 Å². The SMILES string of the molecule is Cc1cccc(CO)c1N(C)c1ccnc(Cl)n1.Cc1cccc(CO)c1Nc1ccnc(Cl)n1. The monoisotopic (exact) mass is 512 g/mol. The van der Waals surface area contributed by atoms with Crippen LogP contribution in [0.4, 0.5) is 23.0 Å². The molecule has 4 aromatic rings. The highest BCUT2D eigenvalue weighted by molar-refractivity contribution is 6.28. The summed E-state index contributed by atoms with van der Waals surface area (Å²) < 4.78 is 0. The molecule has 10 heteroatoms. The van der Waals surface area contributed by atoms with Gasteiger partial charge in [0.2, 0.25) is 10.6 Å². The summed E-state index contributed by atoms with van der Waals surface area (Å²) in [6.07, 6.45) is 3.19. The number of halogens is 2. The van der Waals surface area contributed by atoms with Crippen molar-refractivity contribution in [3.63, 3.8) is 0 Å². The summed E-state index contributed by atoms with van der Waals surface area (Å²) in [6, 6.07) is 15.0. The number of para-hydroxylation sites is 2. The maximum absolute atomic E-state index is 9.41. The lowest BCUT2D eigenvalue weighted by Crippen LogP contribution is -2.15. The third-order valence-electron chi connectivity index (χ3n) is 5.19. The van der Waals surface area contributed by atoms with Gasteiger partial charge in [-0.15, -0.1) is 0 Å². The minimum atomic E-state index is -0.0250. The van der Waals surface area contributed by atoms with Crippen LogP contribution in [0.1, 0.15) is 22.3 Å². The molecule has 2 aromatic carbocycles. The third-order valence-corrected chi connectivity index (χ3v) is 5.56. The molecule has 0 bridgehead atoms. The standard InChI is InChI=1S/C13H14ClN3O.C12H12ClN3O/c1-9-4-3-5-10(8-18)12(9)17(2)11-6-7-15-13(14)16-11;1-8-3-2-4-9(7-17)11(8)15-10-5-6-14-12(13)16-10/h3-7,18H,8H2,1-2H3;2-6,17H,7H2,1H3,(H,14,15,16). The molecule has 8 nitrogen and oxygen atoms in total. The van der Waals surface area contributed by atoms with E-state index in [1.165, 1.54) is 0 Å². The van der Waals surface area contributed by atoms with Gasteiger partial charge in [0.25, 0.3) is 0 Å². The number of nitrogens with one attached hydrogen (secondary N) is 1. The zero-order valence-electron chi connectivity index (χ0n) is 19.6. The second kappa shape index (κ2) is 12.4. The summed E-state index contributed by atoms with van der Waals surface area (Å²) in [5.41, 5.74) is 5.57. The van der Waals surface area contributed by atoms with Gasteiger partial charge in [-0.25, -0.2) is 19.9 Å². The molecule has 0 saturated carbocycles. The van der Waals surface area contributed by atoms with Crippen LogP contribution >= 0.6 is 23.2 Å². The highest BCUT2D eigenvalue weighted by atomic mass is 35.5. The van der Waals surface area contributed by atoms with Crippen molar-refractivity contribution < 1.29 is 10.2 Å². The van der Waals surface area contributed by atoms with Crippen LogP contribution in [0.3, 0.4) is 0 Å². The molecule has 0 atom stereocenters. The smallest absolute Gasteiger partial charge is 0.224 e. The summed E-state index contributed by atoms with van der Waals surface area (Å²) in [7, 11) is 1.89. The molecule has 0 aliphatic rings. The average molecular weight is 513 g/mol. The van der Waals surface area contributed by atoms with Crippen LogP contribution in [-0.4, -0.2) is 37.2 Å². The third kappa shape index (κ3) is 6.86. The first-order chi connectivity index (χ1) is 16.8. The summed E-state index contributed by atoms with van der Waals surface area (Å²) in [6.45, 7) is 3.92. The Morgan fingerprint density at radius 2 is 1.40 bits per heavy atom. The number of hydrogen-bond donors (Lipinski definition) is 3. The Kier molecular flexibility index (Phi) is 9.33. The maximum Gasteiger partial charge on any atom is 0.224 e. The summed E-state index contributed by atoms with van der Waals surface area (Å²) >= 11 is 11.5. The molecule has 0 spiro atoms. The van der Waals surface area contributed by atoms with Crippen molar-refractivity contribution in [1.29, 1.82) is 0 Å². The van der Waals surface area contributed by atoms with Crippen molar-refractivity contribution >= 4 is 46.2 Å². The van der Waals surface area contributed by atoms with E-state index in [4.69, 9.17) is 23.2 Å². The van der Waals surface area contributed by atoms with Crippen LogP contribution in [0, 0.1) is 13.8 Å². The lowest BCUT2D eigenvalue weighted by molar-refractivity contribution is 0.282. The van der Waals surface area contributed by atoms with Crippen LogP contribution in [0.15, 0.2) is 60.9 Å². The molecule has 0 fully saturated rings. The molecular weight excluding hydrogens is 487 g/mol. The number of rotatable bonds is 6. The van der Waals surface area contributed by atoms with Gasteiger partial charge in [-0.3, -0.25) is 0 Å². The quantitative estimate of drug-likeness (QED) is 0.296. The van der Waals surface area contributed by atoms with E-state index in [9.17, 15) is 10.2 Å². The van der Waals surface area contributed by atoms with Crippen molar-refractivity contribution in [3.05, 3.63) is 93.7 Å². The number of aryl methyl sites for hydroxylation is 2. The second-order valence-electron chi connectivity index (χ2n) is 7.59. The van der Waals surface area contributed by atoms with Crippen molar-refractivity contribution in [1.82, 2.24) is 19.9 Å². The predicted octanol–water partition coefficient (Wildman–Crippen LogP) is 5.37. The van der Waals surface area contributed by atoms with E-state index in [-0.39, 0.29) is 23.8 Å². The van der Waals surface area contributed by atoms with Crippen molar-refractivity contribution in [3.8, 4) is 0 Å². The number of aromatic nitrogens is 4. The van der Waals surface area contributed by atoms with Gasteiger partial charge >= 0.3 is 0 Å². The maximum atomic E-state index is 9.41. The number of aliphatic hydroxyl groups excluding tert-OH is 2. The van der Waals surface area contributed by atoms with Crippen molar-refractivity contribution in [2.24, 2.45) is 0 Å². The van der Waals surface area contributed by atoms with Crippen LogP contribution in [-0.2, 0) is 13.2 Å². The minimum absolute atomic E-state index is 0.0137. The summed E-state index contributed by atoms with van der Waals surface area (Å²) in [5, 5.41) is 22.2. The van der Waals surface area contributed by atoms with E-state index < -0.39 is 0 Å². The van der Waals surface area contributed by atoms with Gasteiger partial charge in [-0.1, -0.05) is 36.4 Å². The zero-order valence-corrected chi connectivity index (χ0v) is 21.1. The topological polar surface area (TPSA) is 107 Å². The Labute approximate surface area is 214 Å². The fourth-order valence-corrected chi connectivity index (χ4v) is 3.82. The number of nitrogens with zero attached hydrogens (tertiary/aromatic N) is 5. The Morgan fingerprint density at radius 3 is 2.03 bits per heavy atom. The minimum Gasteiger partial charge on any atom is -0.392 e. The van der Waals surface area contributed by atoms with Gasteiger partial charge in [-0.2, -0.15) is 0 Å². The van der Waals surface area contributed by atoms with E-state index in [2.05, 4.69) is 25.3 Å². The highest BCUT2D eigenvalue weighted by Gasteiger charge is 2.13. The average Bonchev–Trinajstić information content (AvgIpc) is 2.85. The molecule has 0 aliphatic carbocycles. The van der Waals surface area contributed by atoms with Gasteiger partial charge in [-0.05, 0) is 60.3 Å². The number of hydrogen-bond acceptors (Lipinski definition) is 8. The number of anilines is 4. The molecule has 0 radical (unpaired) electrons. The first-order valence-electron chi connectivity index (χ1n) is 10.7. The van der Waals surface area contributed by atoms with Gasteiger partial charge in [0, 0.05) is 36.3 Å². The fraction of sp³-hybridized carbons (Fsp3) is 0.200. The molecule has 0 saturated heterocycles. The first-order valence-corrected chi connectivity index (χ1v) is 11.5. The fourth-order valence-electron chi connectivity index (χ4n) is 3.53. The first kappa shape index (κ1) is 26.3. The molecule has 4 rings (SSSR count). The van der Waals surface area contributed by atoms with Gasteiger partial charge in [0.15, 0.2) is 0 Å². The van der Waals surface area contributed by atoms with E-state index in [1.807, 2.05) is 62.2 Å². The highest BCUT2D eigenvalue weighted by Crippen LogP contribution is 2.29. The zero-order chi connectivity index (χ0) is 25.4. The van der Waals surface area contributed by atoms with Gasteiger partial charge in [0.05, 0.1) is 18.9 Å². The lowest BCUT2D eigenvalue weighted by atomic mass is 10.1. The van der Waals surface area contributed by atoms with E-state index >= 15 is 0 Å². The summed E-state index contributed by atoms with van der Waals surface area (Å²) in [5.74, 6) is 1.30. The molecule has 0 unspecified atom stereocenters. The molecule has 182 valence electrons. The number of aliphatic hydroxyl groups is 2. The molecular formula is C25H26Cl2N6O2. The molecule has 2 aromatic heterocycles. The normalized spacial score (nSPS) is 10.4. The lowest BCUT2D eigenvalue weighted by Gasteiger charge is -2.23. The Bertz CT molecular complexity index is 1290. The van der Waals surface area contributed by atoms with Crippen LogP contribution < -0.4 is 10.2 Å². The second-order valence-corrected chi connectivity index (χ2v) is 8.26. The van der Waals surface area contributed by atoms with E-state index in [0.29, 0.717) is 11.6 Å². The number of benzene rings is 2. The van der Waals surface area contributed by atoms with E-state index in [1.54, 1.807) is 24.5 Å². The van der Waals surface area contributed by atoms with E-state index in [0.717, 1.165) is 33.6 Å². The molecule has 2 heterocycles. The van der Waals surface area contributed by atoms with Gasteiger partial charge < -0.3 is 20.4 Å². The largest absolute Gasteiger partial charge is 0.392 e. The Morgan fingerprint density at radius 1 is 0.800 bits per heavy atom. The van der Waals surface area contributed by atoms with Crippen molar-refractivity contribution in [2.75, 3.05) is 17.3 Å². The Balaban J connectivity index is 0.000000196. The summed E-state index contributed by atoms with van der Waals surface area (Å²) in [4.78, 5) is 17.8. The van der Waals surface area contributed by atoms with Crippen LogP contribution in [0.2, 0.25) is 10.6 Å². The molecule has 0 amide bonds. The molecule has 3 N–H and O–H groups in total. The molecule has 0 aliphatic heterocycles.